The molecule has 2 unspecified atom stereocenters. The van der Waals surface area contributed by atoms with Gasteiger partial charge in [-0.25, -0.2) is 0 Å². The van der Waals surface area contributed by atoms with E-state index >= 15 is 0 Å². The van der Waals surface area contributed by atoms with Gasteiger partial charge in [0.25, 0.3) is 0 Å². The third kappa shape index (κ3) is 3.10. The van der Waals surface area contributed by atoms with Crippen molar-refractivity contribution < 1.29 is 19.4 Å². The van der Waals surface area contributed by atoms with Gasteiger partial charge in [-0.3, -0.25) is 9.59 Å². The average molecular weight is 200 g/mol. The first-order chi connectivity index (χ1) is 6.63. The number of rotatable bonds is 5. The average Bonchev–Trinajstić information content (AvgIpc) is 2.43. The Morgan fingerprint density at radius 3 is 2.93 bits per heavy atom. The van der Waals surface area contributed by atoms with Crippen LogP contribution in [0.25, 0.3) is 0 Å². The van der Waals surface area contributed by atoms with E-state index in [1.807, 2.05) is 0 Å². The lowest BCUT2D eigenvalue weighted by Crippen LogP contribution is -2.20. The molecule has 0 aromatic carbocycles. The number of aliphatic carboxylic acids is 1. The maximum Gasteiger partial charge on any atom is 0.306 e. The summed E-state index contributed by atoms with van der Waals surface area (Å²) >= 11 is 0. The highest BCUT2D eigenvalue weighted by molar-refractivity contribution is 5.88. The Kier molecular flexibility index (Phi) is 4.07. The minimum Gasteiger partial charge on any atom is -0.481 e. The molecule has 0 aliphatic carbocycles. The summed E-state index contributed by atoms with van der Waals surface area (Å²) in [7, 11) is 0. The van der Waals surface area contributed by atoms with Gasteiger partial charge in [0.15, 0.2) is 5.78 Å². The number of Topliss-reactive ketones (excluding diaryl/α,β-unsaturated/α-hetero) is 1. The van der Waals surface area contributed by atoms with Gasteiger partial charge < -0.3 is 9.84 Å². The molecule has 0 saturated carbocycles. The highest BCUT2D eigenvalue weighted by Gasteiger charge is 2.34. The van der Waals surface area contributed by atoms with Crippen molar-refractivity contribution in [2.24, 2.45) is 0 Å². The SMILES string of the molecule is CCCCC1CC(=O)C(CC(=O)O)O1. The second-order valence-electron chi connectivity index (χ2n) is 3.66. The van der Waals surface area contributed by atoms with Crippen molar-refractivity contribution >= 4 is 11.8 Å². The fourth-order valence-corrected chi connectivity index (χ4v) is 1.63. The fourth-order valence-electron chi connectivity index (χ4n) is 1.63. The lowest BCUT2D eigenvalue weighted by atomic mass is 10.1. The van der Waals surface area contributed by atoms with E-state index in [0.717, 1.165) is 19.3 Å². The predicted octanol–water partition coefficient (Wildman–Crippen LogP) is 1.38. The lowest BCUT2D eigenvalue weighted by Gasteiger charge is -2.09. The summed E-state index contributed by atoms with van der Waals surface area (Å²) in [6, 6.07) is 0. The summed E-state index contributed by atoms with van der Waals surface area (Å²) in [5.41, 5.74) is 0. The van der Waals surface area contributed by atoms with Crippen molar-refractivity contribution in [1.29, 1.82) is 0 Å². The summed E-state index contributed by atoms with van der Waals surface area (Å²) in [6.07, 6.45) is 2.40. The lowest BCUT2D eigenvalue weighted by molar-refractivity contribution is -0.142. The topological polar surface area (TPSA) is 63.6 Å². The van der Waals surface area contributed by atoms with Crippen LogP contribution >= 0.6 is 0 Å². The number of carbonyl (C=O) groups is 2. The molecule has 4 heteroatoms. The van der Waals surface area contributed by atoms with Gasteiger partial charge in [0.1, 0.15) is 6.10 Å². The minimum atomic E-state index is -0.973. The Labute approximate surface area is 83.2 Å². The van der Waals surface area contributed by atoms with Crippen molar-refractivity contribution in [2.45, 2.75) is 51.2 Å². The monoisotopic (exact) mass is 200 g/mol. The zero-order valence-corrected chi connectivity index (χ0v) is 8.36. The fraction of sp³-hybridized carbons (Fsp3) is 0.800. The van der Waals surface area contributed by atoms with Crippen molar-refractivity contribution in [2.75, 3.05) is 0 Å². The predicted molar refractivity (Wildman–Crippen MR) is 50.1 cm³/mol. The van der Waals surface area contributed by atoms with Gasteiger partial charge in [-0.2, -0.15) is 0 Å². The minimum absolute atomic E-state index is 0.0493. The standard InChI is InChI=1S/C10H16O4/c1-2-3-4-7-5-8(11)9(14-7)6-10(12)13/h7,9H,2-6H2,1H3,(H,12,13). The van der Waals surface area contributed by atoms with Crippen LogP contribution < -0.4 is 0 Å². The van der Waals surface area contributed by atoms with Gasteiger partial charge in [0.2, 0.25) is 0 Å². The Balaban J connectivity index is 2.35. The molecule has 1 saturated heterocycles. The molecule has 0 aromatic rings. The molecule has 80 valence electrons. The van der Waals surface area contributed by atoms with E-state index in [0.29, 0.717) is 6.42 Å². The van der Waals surface area contributed by atoms with Gasteiger partial charge >= 0.3 is 5.97 Å². The number of hydrogen-bond acceptors (Lipinski definition) is 3. The van der Waals surface area contributed by atoms with E-state index < -0.39 is 12.1 Å². The molecular formula is C10H16O4. The van der Waals surface area contributed by atoms with Crippen LogP contribution in [0.5, 0.6) is 0 Å². The molecule has 0 amide bonds. The van der Waals surface area contributed by atoms with E-state index in [9.17, 15) is 9.59 Å². The normalized spacial score (nSPS) is 26.8. The number of ketones is 1. The smallest absolute Gasteiger partial charge is 0.306 e. The van der Waals surface area contributed by atoms with Gasteiger partial charge in [0, 0.05) is 6.42 Å². The molecule has 1 heterocycles. The van der Waals surface area contributed by atoms with Gasteiger partial charge in [-0.1, -0.05) is 19.8 Å². The number of hydrogen-bond donors (Lipinski definition) is 1. The second kappa shape index (κ2) is 5.10. The summed E-state index contributed by atoms with van der Waals surface area (Å²) in [6.45, 7) is 2.07. The maximum absolute atomic E-state index is 11.3. The maximum atomic E-state index is 11.3. The quantitative estimate of drug-likeness (QED) is 0.728. The summed E-state index contributed by atoms with van der Waals surface area (Å²) < 4.78 is 5.36. The van der Waals surface area contributed by atoms with E-state index in [-0.39, 0.29) is 18.3 Å². The molecule has 0 radical (unpaired) electrons. The van der Waals surface area contributed by atoms with E-state index in [4.69, 9.17) is 9.84 Å². The highest BCUT2D eigenvalue weighted by atomic mass is 16.5. The molecule has 2 atom stereocenters. The van der Waals surface area contributed by atoms with Crippen LogP contribution in [0.3, 0.4) is 0 Å². The molecule has 0 spiro atoms. The van der Waals surface area contributed by atoms with Crippen molar-refractivity contribution in [3.05, 3.63) is 0 Å². The second-order valence-corrected chi connectivity index (χ2v) is 3.66. The summed E-state index contributed by atoms with van der Waals surface area (Å²) in [5, 5.41) is 8.52. The largest absolute Gasteiger partial charge is 0.481 e. The molecule has 0 bridgehead atoms. The summed E-state index contributed by atoms with van der Waals surface area (Å²) in [5.74, 6) is -1.03. The molecule has 1 rings (SSSR count). The molecule has 4 nitrogen and oxygen atoms in total. The number of unbranched alkanes of at least 4 members (excludes halogenated alkanes) is 1. The van der Waals surface area contributed by atoms with Crippen molar-refractivity contribution in [3.63, 3.8) is 0 Å². The Bertz CT molecular complexity index is 224. The molecule has 1 N–H and O–H groups in total. The Hall–Kier alpha value is -0.900. The van der Waals surface area contributed by atoms with Crippen LogP contribution in [0, 0.1) is 0 Å². The van der Waals surface area contributed by atoms with Gasteiger partial charge in [0.05, 0.1) is 12.5 Å². The Morgan fingerprint density at radius 2 is 2.36 bits per heavy atom. The van der Waals surface area contributed by atoms with Crippen LogP contribution in [-0.2, 0) is 14.3 Å². The van der Waals surface area contributed by atoms with Gasteiger partial charge in [-0.05, 0) is 6.42 Å². The van der Waals surface area contributed by atoms with E-state index in [1.54, 1.807) is 0 Å². The highest BCUT2D eigenvalue weighted by Crippen LogP contribution is 2.22. The van der Waals surface area contributed by atoms with Crippen molar-refractivity contribution in [1.82, 2.24) is 0 Å². The van der Waals surface area contributed by atoms with Crippen LogP contribution in [0.1, 0.15) is 39.0 Å². The zero-order chi connectivity index (χ0) is 10.6. The number of carboxylic acids is 1. The third-order valence-electron chi connectivity index (χ3n) is 2.38. The molecule has 1 aliphatic rings. The molecule has 14 heavy (non-hydrogen) atoms. The van der Waals surface area contributed by atoms with Crippen LogP contribution in [0.2, 0.25) is 0 Å². The van der Waals surface area contributed by atoms with E-state index in [1.165, 1.54) is 0 Å². The molecular weight excluding hydrogens is 184 g/mol. The van der Waals surface area contributed by atoms with Gasteiger partial charge in [-0.15, -0.1) is 0 Å². The summed E-state index contributed by atoms with van der Waals surface area (Å²) in [4.78, 5) is 21.7. The number of ether oxygens (including phenoxy) is 1. The third-order valence-corrected chi connectivity index (χ3v) is 2.38. The first-order valence-electron chi connectivity index (χ1n) is 5.03. The number of carbonyl (C=O) groups excluding carboxylic acids is 1. The number of carboxylic acid groups (broad SMARTS) is 1. The Morgan fingerprint density at radius 1 is 1.64 bits per heavy atom. The van der Waals surface area contributed by atoms with Crippen LogP contribution in [0.4, 0.5) is 0 Å². The molecule has 1 fully saturated rings. The van der Waals surface area contributed by atoms with Crippen molar-refractivity contribution in [3.8, 4) is 0 Å². The van der Waals surface area contributed by atoms with Crippen LogP contribution in [0.15, 0.2) is 0 Å². The molecule has 0 aromatic heterocycles. The zero-order valence-electron chi connectivity index (χ0n) is 8.36. The first kappa shape index (κ1) is 11.2. The first-order valence-corrected chi connectivity index (χ1v) is 5.03. The van der Waals surface area contributed by atoms with E-state index in [2.05, 4.69) is 6.92 Å². The van der Waals surface area contributed by atoms with Crippen LogP contribution in [-0.4, -0.2) is 29.1 Å². The molecule has 1 aliphatic heterocycles.